The van der Waals surface area contributed by atoms with Crippen molar-refractivity contribution in [3.05, 3.63) is 47.8 Å². The summed E-state index contributed by atoms with van der Waals surface area (Å²) in [5.74, 6) is -2.21. The third-order valence-electron chi connectivity index (χ3n) is 4.17. The molecule has 0 saturated carbocycles. The number of nitrogens with zero attached hydrogens (tertiary/aromatic N) is 4. The molecule has 1 saturated heterocycles. The van der Waals surface area contributed by atoms with Crippen LogP contribution in [0, 0.1) is 11.6 Å². The van der Waals surface area contributed by atoms with Crippen LogP contribution in [0.15, 0.2) is 30.5 Å². The van der Waals surface area contributed by atoms with Gasteiger partial charge >= 0.3 is 6.09 Å². The molecular weight excluding hydrogens is 372 g/mol. The Morgan fingerprint density at radius 1 is 1.14 bits per heavy atom. The third-order valence-corrected chi connectivity index (χ3v) is 4.17. The summed E-state index contributed by atoms with van der Waals surface area (Å²) in [6.45, 7) is 3.84. The standard InChI is InChI=1S/C18H19F2N5O3/c1-2-28-18(27)25-10-8-24(9-11-25)17-21-7-6-14(22-17)16(26)23-15-12(19)4-3-5-13(15)20/h3-7H,2,8-11H2,1H3,(H,23,26). The maximum Gasteiger partial charge on any atom is 0.409 e. The second-order valence-corrected chi connectivity index (χ2v) is 5.97. The first kappa shape index (κ1) is 19.5. The van der Waals surface area contributed by atoms with E-state index in [1.165, 1.54) is 18.3 Å². The number of benzene rings is 1. The average Bonchev–Trinajstić information content (AvgIpc) is 2.71. The Bertz CT molecular complexity index is 852. The lowest BCUT2D eigenvalue weighted by molar-refractivity contribution is 0.102. The fourth-order valence-electron chi connectivity index (χ4n) is 2.73. The number of hydrogen-bond acceptors (Lipinski definition) is 6. The summed E-state index contributed by atoms with van der Waals surface area (Å²) < 4.78 is 32.4. The summed E-state index contributed by atoms with van der Waals surface area (Å²) in [6, 6.07) is 4.66. The van der Waals surface area contributed by atoms with Crippen LogP contribution in [-0.4, -0.2) is 59.7 Å². The number of halogens is 2. The van der Waals surface area contributed by atoms with Crippen LogP contribution >= 0.6 is 0 Å². The summed E-state index contributed by atoms with van der Waals surface area (Å²) >= 11 is 0. The van der Waals surface area contributed by atoms with Gasteiger partial charge in [0.2, 0.25) is 5.95 Å². The Balaban J connectivity index is 1.68. The molecule has 0 spiro atoms. The Hall–Kier alpha value is -3.30. The SMILES string of the molecule is CCOC(=O)N1CCN(c2nccc(C(=O)Nc3c(F)cccc3F)n2)CC1. The normalized spacial score (nSPS) is 14.0. The Kier molecular flexibility index (Phi) is 5.97. The van der Waals surface area contributed by atoms with E-state index in [9.17, 15) is 18.4 Å². The van der Waals surface area contributed by atoms with Gasteiger partial charge in [-0.25, -0.2) is 23.5 Å². The predicted octanol–water partition coefficient (Wildman–Crippen LogP) is 2.29. The van der Waals surface area contributed by atoms with E-state index in [0.717, 1.165) is 12.1 Å². The van der Waals surface area contributed by atoms with E-state index in [0.29, 0.717) is 38.7 Å². The van der Waals surface area contributed by atoms with Crippen LogP contribution in [0.5, 0.6) is 0 Å². The summed E-state index contributed by atoms with van der Waals surface area (Å²) in [5.41, 5.74) is -0.559. The van der Waals surface area contributed by atoms with Gasteiger partial charge < -0.3 is 19.9 Å². The molecule has 8 nitrogen and oxygen atoms in total. The van der Waals surface area contributed by atoms with E-state index in [1.807, 2.05) is 4.90 Å². The largest absolute Gasteiger partial charge is 0.450 e. The maximum absolute atomic E-state index is 13.7. The smallest absolute Gasteiger partial charge is 0.409 e. The van der Waals surface area contributed by atoms with Crippen molar-refractivity contribution in [1.29, 1.82) is 0 Å². The highest BCUT2D eigenvalue weighted by molar-refractivity contribution is 6.03. The Morgan fingerprint density at radius 2 is 1.82 bits per heavy atom. The molecule has 2 amide bonds. The third kappa shape index (κ3) is 4.33. The molecule has 1 fully saturated rings. The zero-order chi connectivity index (χ0) is 20.1. The number of ether oxygens (including phenoxy) is 1. The van der Waals surface area contributed by atoms with Gasteiger partial charge in [-0.15, -0.1) is 0 Å². The van der Waals surface area contributed by atoms with Crippen LogP contribution in [0.1, 0.15) is 17.4 Å². The monoisotopic (exact) mass is 391 g/mol. The number of rotatable bonds is 4. The van der Waals surface area contributed by atoms with Crippen molar-refractivity contribution >= 4 is 23.6 Å². The molecular formula is C18H19F2N5O3. The molecule has 1 aliphatic rings. The number of carbonyl (C=O) groups excluding carboxylic acids is 2. The maximum atomic E-state index is 13.7. The average molecular weight is 391 g/mol. The van der Waals surface area contributed by atoms with Gasteiger partial charge in [-0.2, -0.15) is 0 Å². The van der Waals surface area contributed by atoms with Crippen molar-refractivity contribution in [2.24, 2.45) is 0 Å². The molecule has 148 valence electrons. The lowest BCUT2D eigenvalue weighted by atomic mass is 10.2. The Morgan fingerprint density at radius 3 is 2.46 bits per heavy atom. The zero-order valence-electron chi connectivity index (χ0n) is 15.2. The second kappa shape index (κ2) is 8.59. The van der Waals surface area contributed by atoms with Crippen LogP contribution in [0.3, 0.4) is 0 Å². The molecule has 0 unspecified atom stereocenters. The first-order valence-electron chi connectivity index (χ1n) is 8.74. The molecule has 1 N–H and O–H groups in total. The van der Waals surface area contributed by atoms with Crippen molar-refractivity contribution in [3.8, 4) is 0 Å². The Labute approximate surface area is 160 Å². The van der Waals surface area contributed by atoms with Crippen LogP contribution in [0.4, 0.5) is 25.2 Å². The number of para-hydroxylation sites is 1. The molecule has 3 rings (SSSR count). The van der Waals surface area contributed by atoms with Gasteiger partial charge in [0.15, 0.2) is 0 Å². The predicted molar refractivity (Wildman–Crippen MR) is 97.2 cm³/mol. The van der Waals surface area contributed by atoms with Crippen molar-refractivity contribution in [2.75, 3.05) is 43.0 Å². The molecule has 10 heteroatoms. The molecule has 1 aromatic heterocycles. The van der Waals surface area contributed by atoms with Crippen molar-refractivity contribution < 1.29 is 23.1 Å². The number of piperazine rings is 1. The molecule has 0 radical (unpaired) electrons. The lowest BCUT2D eigenvalue weighted by Crippen LogP contribution is -2.49. The first-order valence-corrected chi connectivity index (χ1v) is 8.74. The minimum absolute atomic E-state index is 0.0273. The van der Waals surface area contributed by atoms with E-state index in [1.54, 1.807) is 11.8 Å². The summed E-state index contributed by atoms with van der Waals surface area (Å²) in [7, 11) is 0. The highest BCUT2D eigenvalue weighted by Crippen LogP contribution is 2.19. The van der Waals surface area contributed by atoms with Crippen LogP contribution < -0.4 is 10.2 Å². The van der Waals surface area contributed by atoms with Gasteiger partial charge in [0.05, 0.1) is 6.61 Å². The van der Waals surface area contributed by atoms with Crippen LogP contribution in [-0.2, 0) is 4.74 Å². The quantitative estimate of drug-likeness (QED) is 0.861. The molecule has 0 atom stereocenters. The van der Waals surface area contributed by atoms with E-state index in [-0.39, 0.29) is 11.8 Å². The van der Waals surface area contributed by atoms with Crippen LogP contribution in [0.2, 0.25) is 0 Å². The second-order valence-electron chi connectivity index (χ2n) is 5.97. The van der Waals surface area contributed by atoms with E-state index >= 15 is 0 Å². The molecule has 0 aliphatic carbocycles. The molecule has 2 aromatic rings. The minimum atomic E-state index is -0.877. The van der Waals surface area contributed by atoms with Gasteiger partial charge in [-0.1, -0.05) is 6.07 Å². The number of amides is 2. The zero-order valence-corrected chi connectivity index (χ0v) is 15.2. The highest BCUT2D eigenvalue weighted by atomic mass is 19.1. The van der Waals surface area contributed by atoms with Gasteiger partial charge in [0, 0.05) is 32.4 Å². The number of carbonyl (C=O) groups is 2. The van der Waals surface area contributed by atoms with Gasteiger partial charge in [0.1, 0.15) is 23.0 Å². The molecule has 2 heterocycles. The number of nitrogens with one attached hydrogen (secondary N) is 1. The summed E-state index contributed by atoms with van der Waals surface area (Å²) in [5, 5.41) is 2.19. The van der Waals surface area contributed by atoms with E-state index in [2.05, 4.69) is 15.3 Å². The minimum Gasteiger partial charge on any atom is -0.450 e. The lowest BCUT2D eigenvalue weighted by Gasteiger charge is -2.34. The molecule has 1 aromatic carbocycles. The summed E-state index contributed by atoms with van der Waals surface area (Å²) in [4.78, 5) is 35.8. The van der Waals surface area contributed by atoms with Crippen molar-refractivity contribution in [1.82, 2.24) is 14.9 Å². The topological polar surface area (TPSA) is 87.7 Å². The number of anilines is 2. The van der Waals surface area contributed by atoms with Gasteiger partial charge in [0.25, 0.3) is 5.91 Å². The number of hydrogen-bond donors (Lipinski definition) is 1. The molecule has 1 aliphatic heterocycles. The van der Waals surface area contributed by atoms with Crippen LogP contribution in [0.25, 0.3) is 0 Å². The van der Waals surface area contributed by atoms with E-state index < -0.39 is 23.2 Å². The molecule has 0 bridgehead atoms. The van der Waals surface area contributed by atoms with Gasteiger partial charge in [-0.3, -0.25) is 4.79 Å². The fourth-order valence-corrected chi connectivity index (χ4v) is 2.73. The summed E-state index contributed by atoms with van der Waals surface area (Å²) in [6.07, 6.45) is 1.02. The molecule has 28 heavy (non-hydrogen) atoms. The fraction of sp³-hybridized carbons (Fsp3) is 0.333. The first-order chi connectivity index (χ1) is 13.5. The number of aromatic nitrogens is 2. The van der Waals surface area contributed by atoms with Crippen molar-refractivity contribution in [2.45, 2.75) is 6.92 Å². The van der Waals surface area contributed by atoms with Crippen molar-refractivity contribution in [3.63, 3.8) is 0 Å². The van der Waals surface area contributed by atoms with E-state index in [4.69, 9.17) is 4.74 Å². The van der Waals surface area contributed by atoms with Gasteiger partial charge in [-0.05, 0) is 25.1 Å². The highest BCUT2D eigenvalue weighted by Gasteiger charge is 2.24.